The maximum Gasteiger partial charge on any atom is 0.398 e. The van der Waals surface area contributed by atoms with Crippen LogP contribution in [0, 0.1) is 5.41 Å². The maximum atomic E-state index is 12.3. The molecule has 1 aliphatic rings. The van der Waals surface area contributed by atoms with E-state index in [4.69, 9.17) is 0 Å². The lowest BCUT2D eigenvalue weighted by Crippen LogP contribution is -2.25. The van der Waals surface area contributed by atoms with Crippen LogP contribution < -0.4 is 5.32 Å². The summed E-state index contributed by atoms with van der Waals surface area (Å²) in [5.74, 6) is -0.850. The highest BCUT2D eigenvalue weighted by Gasteiger charge is 2.42. The van der Waals surface area contributed by atoms with Gasteiger partial charge in [-0.3, -0.25) is 0 Å². The molecule has 1 atom stereocenters. The van der Waals surface area contributed by atoms with Crippen LogP contribution in [0.4, 0.5) is 18.9 Å². The minimum absolute atomic E-state index is 0.278. The van der Waals surface area contributed by atoms with Crippen LogP contribution >= 0.6 is 11.8 Å². The molecule has 0 heterocycles. The molecule has 0 radical (unpaired) electrons. The first-order chi connectivity index (χ1) is 8.80. The van der Waals surface area contributed by atoms with Crippen molar-refractivity contribution in [3.05, 3.63) is 24.3 Å². The Bertz CT molecular complexity index is 441. The fourth-order valence-corrected chi connectivity index (χ4v) is 2.69. The largest absolute Gasteiger partial charge is 0.398 e. The Kier molecular flexibility index (Phi) is 4.04. The first-order valence-electron chi connectivity index (χ1n) is 6.35. The molecule has 2 rings (SSSR count). The lowest BCUT2D eigenvalue weighted by molar-refractivity contribution is -0.105. The van der Waals surface area contributed by atoms with E-state index in [1.54, 1.807) is 12.1 Å². The van der Waals surface area contributed by atoms with E-state index in [2.05, 4.69) is 19.2 Å². The average molecular weight is 289 g/mol. The molecule has 19 heavy (non-hydrogen) atoms. The molecule has 1 aromatic carbocycles. The van der Waals surface area contributed by atoms with Crippen molar-refractivity contribution in [2.24, 2.45) is 5.41 Å². The molecular weight excluding hydrogens is 271 g/mol. The van der Waals surface area contributed by atoms with Crippen LogP contribution in [-0.4, -0.2) is 18.0 Å². The summed E-state index contributed by atoms with van der Waals surface area (Å²) >= 11 is 0.840. The molecular formula is C14H18F3NS. The van der Waals surface area contributed by atoms with E-state index in [1.165, 1.54) is 12.8 Å². The molecule has 1 fully saturated rings. The van der Waals surface area contributed by atoms with Gasteiger partial charge in [0, 0.05) is 16.6 Å². The molecule has 1 aliphatic carbocycles. The highest BCUT2D eigenvalue weighted by atomic mass is 32.2. The zero-order valence-electron chi connectivity index (χ0n) is 11.1. The highest BCUT2D eigenvalue weighted by molar-refractivity contribution is 7.99. The number of hydrogen-bond acceptors (Lipinski definition) is 2. The molecule has 0 aliphatic heterocycles. The van der Waals surface area contributed by atoms with Crippen LogP contribution in [0.3, 0.4) is 0 Å². The Morgan fingerprint density at radius 1 is 1.32 bits per heavy atom. The number of halogens is 3. The van der Waals surface area contributed by atoms with Crippen molar-refractivity contribution in [3.63, 3.8) is 0 Å². The van der Waals surface area contributed by atoms with Gasteiger partial charge in [-0.25, -0.2) is 0 Å². The SMILES string of the molecule is CC(Nc1ccccc1SCC(F)(F)F)C1(C)CC1. The van der Waals surface area contributed by atoms with Gasteiger partial charge in [0.25, 0.3) is 0 Å². The minimum atomic E-state index is -4.13. The van der Waals surface area contributed by atoms with Crippen LogP contribution in [0.25, 0.3) is 0 Å². The van der Waals surface area contributed by atoms with E-state index in [9.17, 15) is 13.2 Å². The van der Waals surface area contributed by atoms with Gasteiger partial charge in [0.05, 0.1) is 5.75 Å². The number of anilines is 1. The smallest absolute Gasteiger partial charge is 0.381 e. The molecule has 5 heteroatoms. The number of para-hydroxylation sites is 1. The zero-order valence-corrected chi connectivity index (χ0v) is 11.9. The quantitative estimate of drug-likeness (QED) is 0.770. The van der Waals surface area contributed by atoms with Crippen molar-refractivity contribution in [2.75, 3.05) is 11.1 Å². The molecule has 1 unspecified atom stereocenters. The van der Waals surface area contributed by atoms with E-state index in [0.29, 0.717) is 10.3 Å². The predicted octanol–water partition coefficient (Wildman–Crippen LogP) is 4.94. The average Bonchev–Trinajstić information content (AvgIpc) is 3.06. The monoisotopic (exact) mass is 289 g/mol. The Morgan fingerprint density at radius 3 is 2.53 bits per heavy atom. The fraction of sp³-hybridized carbons (Fsp3) is 0.571. The number of alkyl halides is 3. The van der Waals surface area contributed by atoms with Gasteiger partial charge in [0.2, 0.25) is 0 Å². The van der Waals surface area contributed by atoms with E-state index in [-0.39, 0.29) is 6.04 Å². The Hall–Kier alpha value is -0.840. The van der Waals surface area contributed by atoms with E-state index in [0.717, 1.165) is 17.4 Å². The Labute approximate surface area is 116 Å². The lowest BCUT2D eigenvalue weighted by Gasteiger charge is -2.23. The van der Waals surface area contributed by atoms with Crippen LogP contribution in [0.2, 0.25) is 0 Å². The summed E-state index contributed by atoms with van der Waals surface area (Å²) < 4.78 is 36.9. The predicted molar refractivity (Wildman–Crippen MR) is 73.6 cm³/mol. The fourth-order valence-electron chi connectivity index (χ4n) is 1.91. The third kappa shape index (κ3) is 4.06. The summed E-state index contributed by atoms with van der Waals surface area (Å²) in [6, 6.07) is 7.48. The molecule has 1 N–H and O–H groups in total. The van der Waals surface area contributed by atoms with Crippen molar-refractivity contribution in [1.29, 1.82) is 0 Å². The molecule has 1 aromatic rings. The molecule has 0 spiro atoms. The summed E-state index contributed by atoms with van der Waals surface area (Å²) in [4.78, 5) is 0.663. The Balaban J connectivity index is 2.03. The van der Waals surface area contributed by atoms with Crippen molar-refractivity contribution in [3.8, 4) is 0 Å². The number of nitrogens with one attached hydrogen (secondary N) is 1. The number of rotatable bonds is 5. The molecule has 1 saturated carbocycles. The Morgan fingerprint density at radius 2 is 1.95 bits per heavy atom. The molecule has 1 nitrogen and oxygen atoms in total. The van der Waals surface area contributed by atoms with Gasteiger partial charge in [0.1, 0.15) is 0 Å². The van der Waals surface area contributed by atoms with E-state index < -0.39 is 11.9 Å². The molecule has 0 amide bonds. The number of thioether (sulfide) groups is 1. The van der Waals surface area contributed by atoms with Crippen molar-refractivity contribution < 1.29 is 13.2 Å². The van der Waals surface area contributed by atoms with Crippen molar-refractivity contribution in [2.45, 2.75) is 43.8 Å². The molecule has 0 saturated heterocycles. The van der Waals surface area contributed by atoms with Crippen LogP contribution in [0.1, 0.15) is 26.7 Å². The van der Waals surface area contributed by atoms with Gasteiger partial charge in [0.15, 0.2) is 0 Å². The summed E-state index contributed by atoms with van der Waals surface area (Å²) in [6.45, 7) is 4.30. The molecule has 0 bridgehead atoms. The van der Waals surface area contributed by atoms with Crippen molar-refractivity contribution in [1.82, 2.24) is 0 Å². The normalized spacial score (nSPS) is 19.0. The molecule has 0 aromatic heterocycles. The molecule has 106 valence electrons. The van der Waals surface area contributed by atoms with Crippen LogP contribution in [-0.2, 0) is 0 Å². The number of benzene rings is 1. The van der Waals surface area contributed by atoms with Gasteiger partial charge < -0.3 is 5.32 Å². The van der Waals surface area contributed by atoms with Gasteiger partial charge >= 0.3 is 6.18 Å². The van der Waals surface area contributed by atoms with E-state index >= 15 is 0 Å². The lowest BCUT2D eigenvalue weighted by atomic mass is 10.0. The second-order valence-electron chi connectivity index (χ2n) is 5.42. The highest BCUT2D eigenvalue weighted by Crippen LogP contribution is 2.49. The third-order valence-electron chi connectivity index (χ3n) is 3.73. The van der Waals surface area contributed by atoms with Gasteiger partial charge in [-0.2, -0.15) is 13.2 Å². The third-order valence-corrected chi connectivity index (χ3v) is 4.87. The zero-order chi connectivity index (χ0) is 14.1. The van der Waals surface area contributed by atoms with Crippen LogP contribution in [0.5, 0.6) is 0 Å². The second-order valence-corrected chi connectivity index (χ2v) is 6.44. The first kappa shape index (κ1) is 14.6. The summed E-state index contributed by atoms with van der Waals surface area (Å²) in [5, 5.41) is 3.36. The summed E-state index contributed by atoms with van der Waals surface area (Å²) in [5.41, 5.74) is 1.10. The van der Waals surface area contributed by atoms with Gasteiger partial charge in [-0.15, -0.1) is 11.8 Å². The summed E-state index contributed by atoms with van der Waals surface area (Å²) in [7, 11) is 0. The standard InChI is InChI=1S/C14H18F3NS/c1-10(13(2)7-8-13)18-11-5-3-4-6-12(11)19-9-14(15,16)17/h3-6,10,18H,7-9H2,1-2H3. The summed E-state index contributed by atoms with van der Waals surface area (Å²) in [6.07, 6.45) is -1.77. The van der Waals surface area contributed by atoms with Gasteiger partial charge in [-0.05, 0) is 37.3 Å². The van der Waals surface area contributed by atoms with Gasteiger partial charge in [-0.1, -0.05) is 19.1 Å². The number of hydrogen-bond donors (Lipinski definition) is 1. The minimum Gasteiger partial charge on any atom is -0.381 e. The first-order valence-corrected chi connectivity index (χ1v) is 7.34. The van der Waals surface area contributed by atoms with E-state index in [1.807, 2.05) is 12.1 Å². The second kappa shape index (κ2) is 5.27. The topological polar surface area (TPSA) is 12.0 Å². The maximum absolute atomic E-state index is 12.3. The van der Waals surface area contributed by atoms with Crippen LogP contribution in [0.15, 0.2) is 29.2 Å². The van der Waals surface area contributed by atoms with Crippen molar-refractivity contribution >= 4 is 17.4 Å².